The van der Waals surface area contributed by atoms with Gasteiger partial charge >= 0.3 is 5.97 Å². The molecule has 4 N–H and O–H groups in total. The zero-order valence-corrected chi connectivity index (χ0v) is 22.2. The number of ether oxygens (including phenoxy) is 2. The first-order valence-corrected chi connectivity index (χ1v) is 12.8. The van der Waals surface area contributed by atoms with E-state index in [1.165, 1.54) is 0 Å². The van der Waals surface area contributed by atoms with Crippen LogP contribution in [0.4, 0.5) is 11.4 Å². The Hall–Kier alpha value is -4.04. The zero-order chi connectivity index (χ0) is 27.4. The highest BCUT2D eigenvalue weighted by molar-refractivity contribution is 5.82. The summed E-state index contributed by atoms with van der Waals surface area (Å²) in [6.45, 7) is 9.61. The maximum absolute atomic E-state index is 12.6. The molecule has 0 fully saturated rings. The summed E-state index contributed by atoms with van der Waals surface area (Å²) in [6.07, 6.45) is 1.04. The van der Waals surface area contributed by atoms with E-state index in [4.69, 9.17) is 14.6 Å². The summed E-state index contributed by atoms with van der Waals surface area (Å²) in [6, 6.07) is 12.5. The number of carbonyl (C=O) groups is 2. The SMILES string of the molecule is CCNc1cc2c(cc1C)C(O)(c1ccc(OCCCC(=O)O)cc1C=O)c1cc(C)c(NCC)cc1O2. The van der Waals surface area contributed by atoms with Gasteiger partial charge in [0.15, 0.2) is 6.29 Å². The Morgan fingerprint density at radius 1 is 0.947 bits per heavy atom. The van der Waals surface area contributed by atoms with Crippen molar-refractivity contribution in [2.75, 3.05) is 30.3 Å². The average molecular weight is 519 g/mol. The number of aryl methyl sites for hydroxylation is 2. The van der Waals surface area contributed by atoms with Gasteiger partial charge in [0.1, 0.15) is 22.8 Å². The number of nitrogens with one attached hydrogen (secondary N) is 2. The van der Waals surface area contributed by atoms with Crippen molar-refractivity contribution in [2.24, 2.45) is 0 Å². The van der Waals surface area contributed by atoms with E-state index in [-0.39, 0.29) is 18.6 Å². The average Bonchev–Trinajstić information content (AvgIpc) is 2.89. The largest absolute Gasteiger partial charge is 0.494 e. The number of hydrogen-bond acceptors (Lipinski definition) is 7. The van der Waals surface area contributed by atoms with Crippen molar-refractivity contribution in [1.29, 1.82) is 0 Å². The van der Waals surface area contributed by atoms with Crippen LogP contribution in [0.1, 0.15) is 64.9 Å². The Morgan fingerprint density at radius 2 is 1.53 bits per heavy atom. The van der Waals surface area contributed by atoms with Gasteiger partial charge in [-0.25, -0.2) is 0 Å². The minimum Gasteiger partial charge on any atom is -0.494 e. The van der Waals surface area contributed by atoms with Crippen LogP contribution in [0.2, 0.25) is 0 Å². The van der Waals surface area contributed by atoms with Gasteiger partial charge in [-0.3, -0.25) is 9.59 Å². The predicted molar refractivity (Wildman–Crippen MR) is 147 cm³/mol. The van der Waals surface area contributed by atoms with Gasteiger partial charge in [-0.2, -0.15) is 0 Å². The second kappa shape index (κ2) is 11.1. The lowest BCUT2D eigenvalue weighted by atomic mass is 9.75. The molecule has 8 nitrogen and oxygen atoms in total. The summed E-state index contributed by atoms with van der Waals surface area (Å²) in [4.78, 5) is 23.1. The number of carbonyl (C=O) groups excluding carboxylic acids is 1. The molecule has 8 heteroatoms. The van der Waals surface area contributed by atoms with Crippen LogP contribution in [-0.2, 0) is 10.4 Å². The fourth-order valence-electron chi connectivity index (χ4n) is 4.90. The van der Waals surface area contributed by atoms with Gasteiger partial charge in [-0.15, -0.1) is 0 Å². The van der Waals surface area contributed by atoms with Gasteiger partial charge in [0.25, 0.3) is 0 Å². The molecule has 0 aromatic heterocycles. The molecule has 3 aromatic rings. The molecule has 38 heavy (non-hydrogen) atoms. The number of aliphatic hydroxyl groups is 1. The first kappa shape index (κ1) is 27.0. The Morgan fingerprint density at radius 3 is 2.03 bits per heavy atom. The van der Waals surface area contributed by atoms with Gasteiger partial charge in [-0.1, -0.05) is 6.07 Å². The number of hydrogen-bond donors (Lipinski definition) is 4. The van der Waals surface area contributed by atoms with Crippen LogP contribution >= 0.6 is 0 Å². The van der Waals surface area contributed by atoms with Crippen molar-refractivity contribution in [1.82, 2.24) is 0 Å². The van der Waals surface area contributed by atoms with Gasteiger partial charge in [0.05, 0.1) is 6.61 Å². The lowest BCUT2D eigenvalue weighted by molar-refractivity contribution is -0.137. The minimum absolute atomic E-state index is 0.00556. The number of anilines is 2. The first-order valence-electron chi connectivity index (χ1n) is 12.8. The maximum atomic E-state index is 12.6. The van der Waals surface area contributed by atoms with E-state index in [1.54, 1.807) is 18.2 Å². The van der Waals surface area contributed by atoms with E-state index in [2.05, 4.69) is 10.6 Å². The van der Waals surface area contributed by atoms with Crippen molar-refractivity contribution < 1.29 is 29.3 Å². The number of aliphatic carboxylic acids is 1. The third kappa shape index (κ3) is 5.04. The molecule has 0 atom stereocenters. The molecule has 1 heterocycles. The van der Waals surface area contributed by atoms with E-state index < -0.39 is 11.6 Å². The first-order chi connectivity index (χ1) is 18.2. The lowest BCUT2D eigenvalue weighted by Gasteiger charge is -2.38. The molecule has 200 valence electrons. The summed E-state index contributed by atoms with van der Waals surface area (Å²) in [5.41, 5.74) is 3.74. The van der Waals surface area contributed by atoms with Crippen LogP contribution < -0.4 is 20.1 Å². The molecular formula is C30H34N2O6. The highest BCUT2D eigenvalue weighted by atomic mass is 16.5. The Bertz CT molecular complexity index is 1310. The quantitative estimate of drug-likeness (QED) is 0.191. The van der Waals surface area contributed by atoms with Crippen LogP contribution in [0.25, 0.3) is 0 Å². The fourth-order valence-corrected chi connectivity index (χ4v) is 4.90. The fraction of sp³-hybridized carbons (Fsp3) is 0.333. The summed E-state index contributed by atoms with van der Waals surface area (Å²) in [7, 11) is 0. The van der Waals surface area contributed by atoms with Gasteiger partial charge in [0, 0.05) is 65.3 Å². The molecule has 3 aromatic carbocycles. The number of rotatable bonds is 11. The monoisotopic (exact) mass is 518 g/mol. The smallest absolute Gasteiger partial charge is 0.303 e. The normalized spacial score (nSPS) is 13.1. The second-order valence-electron chi connectivity index (χ2n) is 9.41. The molecule has 0 saturated carbocycles. The van der Waals surface area contributed by atoms with Crippen molar-refractivity contribution >= 4 is 23.6 Å². The molecule has 0 bridgehead atoms. The predicted octanol–water partition coefficient (Wildman–Crippen LogP) is 5.61. The highest BCUT2D eigenvalue weighted by Crippen LogP contribution is 2.53. The number of carboxylic acid groups (broad SMARTS) is 1. The van der Waals surface area contributed by atoms with Crippen LogP contribution in [0.3, 0.4) is 0 Å². The van der Waals surface area contributed by atoms with E-state index >= 15 is 0 Å². The summed E-state index contributed by atoms with van der Waals surface area (Å²) in [5.74, 6) is 0.531. The van der Waals surface area contributed by atoms with Crippen molar-refractivity contribution in [3.63, 3.8) is 0 Å². The number of benzene rings is 3. The molecule has 1 aliphatic heterocycles. The van der Waals surface area contributed by atoms with Crippen molar-refractivity contribution in [2.45, 2.75) is 46.1 Å². The Balaban J connectivity index is 1.88. The van der Waals surface area contributed by atoms with Crippen LogP contribution in [0.15, 0.2) is 42.5 Å². The number of fused-ring (bicyclic) bond motifs is 2. The van der Waals surface area contributed by atoms with Crippen LogP contribution in [0.5, 0.6) is 17.2 Å². The molecule has 0 spiro atoms. The molecule has 1 aliphatic rings. The van der Waals surface area contributed by atoms with E-state index in [9.17, 15) is 14.7 Å². The summed E-state index contributed by atoms with van der Waals surface area (Å²) >= 11 is 0. The molecule has 0 radical (unpaired) electrons. The van der Waals surface area contributed by atoms with Gasteiger partial charge in [0.2, 0.25) is 0 Å². The van der Waals surface area contributed by atoms with E-state index in [1.807, 2.05) is 52.0 Å². The molecule has 0 aliphatic carbocycles. The number of aldehydes is 1. The van der Waals surface area contributed by atoms with Gasteiger partial charge < -0.3 is 30.3 Å². The maximum Gasteiger partial charge on any atom is 0.303 e. The Labute approximate surface area is 222 Å². The standard InChI is InChI=1S/C30H34N2O6/c1-5-31-25-15-27-23(12-18(25)3)30(36,24-13-19(4)26(32-6-2)16-28(24)38-27)22-10-9-21(14-20(22)17-33)37-11-7-8-29(34)35/h9-10,12-17,31-32,36H,5-8,11H2,1-4H3,(H,34,35). The van der Waals surface area contributed by atoms with Crippen LogP contribution in [0, 0.1) is 13.8 Å². The highest BCUT2D eigenvalue weighted by Gasteiger charge is 2.44. The van der Waals surface area contributed by atoms with Crippen LogP contribution in [-0.4, -0.2) is 42.2 Å². The molecule has 0 unspecified atom stereocenters. The van der Waals surface area contributed by atoms with Crippen molar-refractivity contribution in [3.05, 3.63) is 75.8 Å². The topological polar surface area (TPSA) is 117 Å². The third-order valence-electron chi connectivity index (χ3n) is 6.73. The molecule has 0 saturated heterocycles. The summed E-state index contributed by atoms with van der Waals surface area (Å²) < 4.78 is 12.1. The number of carboxylic acids is 1. The van der Waals surface area contributed by atoms with E-state index in [0.717, 1.165) is 35.6 Å². The molecule has 4 rings (SSSR count). The minimum atomic E-state index is -1.67. The van der Waals surface area contributed by atoms with E-state index in [0.29, 0.717) is 46.6 Å². The van der Waals surface area contributed by atoms with Gasteiger partial charge in [-0.05, 0) is 69.5 Å². The second-order valence-corrected chi connectivity index (χ2v) is 9.41. The lowest BCUT2D eigenvalue weighted by Crippen LogP contribution is -2.34. The zero-order valence-electron chi connectivity index (χ0n) is 22.2. The van der Waals surface area contributed by atoms with Crippen molar-refractivity contribution in [3.8, 4) is 17.2 Å². The molecular weight excluding hydrogens is 484 g/mol. The Kier molecular flexibility index (Phi) is 7.92. The third-order valence-corrected chi connectivity index (χ3v) is 6.73. The summed E-state index contributed by atoms with van der Waals surface area (Å²) in [5, 5.41) is 28.1. The molecule has 0 amide bonds.